The summed E-state index contributed by atoms with van der Waals surface area (Å²) in [6, 6.07) is 5.69. The van der Waals surface area contributed by atoms with Crippen molar-refractivity contribution < 1.29 is 14.3 Å². The van der Waals surface area contributed by atoms with Crippen molar-refractivity contribution >= 4 is 34.7 Å². The summed E-state index contributed by atoms with van der Waals surface area (Å²) in [4.78, 5) is 28.6. The van der Waals surface area contributed by atoms with Crippen LogP contribution in [0.2, 0.25) is 0 Å². The van der Waals surface area contributed by atoms with Crippen LogP contribution in [0.3, 0.4) is 0 Å². The number of hydrogen-bond acceptors (Lipinski definition) is 6. The number of anilines is 2. The van der Waals surface area contributed by atoms with Gasteiger partial charge in [-0.2, -0.15) is 0 Å². The third-order valence-corrected chi connectivity index (χ3v) is 6.10. The van der Waals surface area contributed by atoms with Crippen molar-refractivity contribution in [3.8, 4) is 10.4 Å². The van der Waals surface area contributed by atoms with Gasteiger partial charge in [-0.3, -0.25) is 4.79 Å². The number of nitrogens with one attached hydrogen (secondary N) is 2. The normalized spacial score (nSPS) is 19.0. The van der Waals surface area contributed by atoms with Gasteiger partial charge in [0.15, 0.2) is 0 Å². The van der Waals surface area contributed by atoms with Gasteiger partial charge in [0.25, 0.3) is 0 Å². The van der Waals surface area contributed by atoms with E-state index in [1.165, 1.54) is 6.92 Å². The molecule has 0 aliphatic heterocycles. The Labute approximate surface area is 175 Å². The zero-order chi connectivity index (χ0) is 21.0. The average Bonchev–Trinajstić information content (AvgIpc) is 3.11. The van der Waals surface area contributed by atoms with Gasteiger partial charge in [-0.15, -0.1) is 11.3 Å². The molecule has 1 aromatic carbocycles. The second-order valence-corrected chi connectivity index (χ2v) is 8.76. The molecule has 0 bridgehead atoms. The summed E-state index contributed by atoms with van der Waals surface area (Å²) in [7, 11) is 0. The van der Waals surface area contributed by atoms with Crippen molar-refractivity contribution in [2.45, 2.75) is 64.5 Å². The first kappa shape index (κ1) is 21.1. The summed E-state index contributed by atoms with van der Waals surface area (Å²) in [5.41, 5.74) is 8.42. The van der Waals surface area contributed by atoms with E-state index >= 15 is 0 Å². The SMILES string of the molecule is CC(=O)Nc1ccc(-c2cnc(C3CCC(NC(=O)OC(C)C)CC3)s2)c(N)c1. The minimum atomic E-state index is -0.335. The maximum Gasteiger partial charge on any atom is 0.407 e. The third kappa shape index (κ3) is 5.69. The fraction of sp³-hybridized carbons (Fsp3) is 0.476. The Bertz CT molecular complexity index is 873. The molecule has 1 fully saturated rings. The highest BCUT2D eigenvalue weighted by Gasteiger charge is 2.26. The molecule has 3 rings (SSSR count). The lowest BCUT2D eigenvalue weighted by molar-refractivity contribution is -0.114. The third-order valence-electron chi connectivity index (χ3n) is 4.90. The second kappa shape index (κ2) is 9.26. The highest BCUT2D eigenvalue weighted by molar-refractivity contribution is 7.15. The molecule has 0 saturated heterocycles. The van der Waals surface area contributed by atoms with Gasteiger partial charge in [-0.1, -0.05) is 0 Å². The van der Waals surface area contributed by atoms with E-state index in [1.807, 2.05) is 32.2 Å². The van der Waals surface area contributed by atoms with Gasteiger partial charge >= 0.3 is 6.09 Å². The first-order valence-corrected chi connectivity index (χ1v) is 10.7. The van der Waals surface area contributed by atoms with Crippen molar-refractivity contribution in [3.05, 3.63) is 29.4 Å². The molecule has 1 aromatic heterocycles. The van der Waals surface area contributed by atoms with E-state index in [9.17, 15) is 9.59 Å². The molecule has 2 aromatic rings. The molecule has 156 valence electrons. The number of hydrogen-bond donors (Lipinski definition) is 3. The van der Waals surface area contributed by atoms with Gasteiger partial charge < -0.3 is 21.1 Å². The molecule has 29 heavy (non-hydrogen) atoms. The number of rotatable bonds is 5. The second-order valence-electron chi connectivity index (χ2n) is 7.69. The van der Waals surface area contributed by atoms with E-state index in [0.717, 1.165) is 41.1 Å². The first-order chi connectivity index (χ1) is 13.8. The zero-order valence-electron chi connectivity index (χ0n) is 17.0. The molecule has 1 aliphatic carbocycles. The van der Waals surface area contributed by atoms with Crippen LogP contribution < -0.4 is 16.4 Å². The van der Waals surface area contributed by atoms with Gasteiger partial charge in [0, 0.05) is 42.0 Å². The Morgan fingerprint density at radius 2 is 1.97 bits per heavy atom. The molecule has 0 radical (unpaired) electrons. The van der Waals surface area contributed by atoms with Crippen molar-refractivity contribution in [2.75, 3.05) is 11.1 Å². The van der Waals surface area contributed by atoms with Crippen LogP contribution in [0.5, 0.6) is 0 Å². The van der Waals surface area contributed by atoms with Crippen LogP contribution >= 0.6 is 11.3 Å². The van der Waals surface area contributed by atoms with Gasteiger partial charge in [-0.25, -0.2) is 9.78 Å². The first-order valence-electron chi connectivity index (χ1n) is 9.92. The maximum absolute atomic E-state index is 11.8. The summed E-state index contributed by atoms with van der Waals surface area (Å²) >= 11 is 1.66. The number of nitrogens with two attached hydrogens (primary N) is 1. The largest absolute Gasteiger partial charge is 0.447 e. The van der Waals surface area contributed by atoms with Crippen LogP contribution in [0.25, 0.3) is 10.4 Å². The number of amides is 2. The van der Waals surface area contributed by atoms with Crippen molar-refractivity contribution in [1.29, 1.82) is 0 Å². The molecule has 4 N–H and O–H groups in total. The standard InChI is InChI=1S/C21H28N4O3S/c1-12(2)28-21(27)25-15-6-4-14(5-7-15)20-23-11-19(29-20)17-9-8-16(10-18(17)22)24-13(3)26/h8-12,14-15H,4-7,22H2,1-3H3,(H,24,26)(H,25,27). The summed E-state index contributed by atoms with van der Waals surface area (Å²) in [6.07, 6.45) is 5.22. The molecule has 8 heteroatoms. The quantitative estimate of drug-likeness (QED) is 0.622. The van der Waals surface area contributed by atoms with Crippen LogP contribution in [0.4, 0.5) is 16.2 Å². The molecule has 7 nitrogen and oxygen atoms in total. The summed E-state index contributed by atoms with van der Waals surface area (Å²) in [6.45, 7) is 5.16. The Morgan fingerprint density at radius 3 is 2.59 bits per heavy atom. The molecule has 0 atom stereocenters. The molecule has 1 saturated carbocycles. The van der Waals surface area contributed by atoms with E-state index in [0.29, 0.717) is 17.3 Å². The zero-order valence-corrected chi connectivity index (χ0v) is 17.8. The molecular weight excluding hydrogens is 388 g/mol. The summed E-state index contributed by atoms with van der Waals surface area (Å²) < 4.78 is 5.16. The number of thiazole rings is 1. The molecule has 1 aliphatic rings. The number of nitrogen functional groups attached to an aromatic ring is 1. The predicted octanol–water partition coefficient (Wildman–Crippen LogP) is 4.51. The van der Waals surface area contributed by atoms with Crippen LogP contribution in [0.1, 0.15) is 57.4 Å². The lowest BCUT2D eigenvalue weighted by atomic mass is 9.86. The smallest absolute Gasteiger partial charge is 0.407 e. The molecule has 2 amide bonds. The summed E-state index contributed by atoms with van der Waals surface area (Å²) in [5, 5.41) is 6.80. The van der Waals surface area contributed by atoms with E-state index in [4.69, 9.17) is 10.5 Å². The topological polar surface area (TPSA) is 106 Å². The fourth-order valence-corrected chi connectivity index (χ4v) is 4.70. The van der Waals surface area contributed by atoms with Crippen LogP contribution in [-0.4, -0.2) is 29.1 Å². The van der Waals surface area contributed by atoms with E-state index < -0.39 is 0 Å². The van der Waals surface area contributed by atoms with Crippen molar-refractivity contribution in [2.24, 2.45) is 0 Å². The predicted molar refractivity (Wildman–Crippen MR) is 116 cm³/mol. The number of aromatic nitrogens is 1. The van der Waals surface area contributed by atoms with Crippen LogP contribution in [-0.2, 0) is 9.53 Å². The molecule has 1 heterocycles. The van der Waals surface area contributed by atoms with Gasteiger partial charge in [-0.05, 0) is 57.7 Å². The number of nitrogens with zero attached hydrogens (tertiary/aromatic N) is 1. The Kier molecular flexibility index (Phi) is 6.74. The number of carbonyl (C=O) groups is 2. The maximum atomic E-state index is 11.8. The Balaban J connectivity index is 1.60. The van der Waals surface area contributed by atoms with Crippen molar-refractivity contribution in [1.82, 2.24) is 10.3 Å². The van der Waals surface area contributed by atoms with Gasteiger partial charge in [0.1, 0.15) is 0 Å². The van der Waals surface area contributed by atoms with E-state index in [2.05, 4.69) is 15.6 Å². The number of alkyl carbamates (subject to hydrolysis) is 1. The average molecular weight is 417 g/mol. The lowest BCUT2D eigenvalue weighted by Crippen LogP contribution is -2.38. The monoisotopic (exact) mass is 416 g/mol. The number of carbonyl (C=O) groups excluding carboxylic acids is 2. The van der Waals surface area contributed by atoms with Gasteiger partial charge in [0.2, 0.25) is 5.91 Å². The number of ether oxygens (including phenoxy) is 1. The van der Waals surface area contributed by atoms with E-state index in [1.54, 1.807) is 17.4 Å². The molecule has 0 unspecified atom stereocenters. The fourth-order valence-electron chi connectivity index (χ4n) is 3.57. The van der Waals surface area contributed by atoms with Crippen molar-refractivity contribution in [3.63, 3.8) is 0 Å². The number of benzene rings is 1. The van der Waals surface area contributed by atoms with Crippen LogP contribution in [0.15, 0.2) is 24.4 Å². The highest BCUT2D eigenvalue weighted by atomic mass is 32.1. The lowest BCUT2D eigenvalue weighted by Gasteiger charge is -2.28. The molecule has 0 spiro atoms. The molecular formula is C21H28N4O3S. The Hall–Kier alpha value is -2.61. The Morgan fingerprint density at radius 1 is 1.24 bits per heavy atom. The van der Waals surface area contributed by atoms with E-state index in [-0.39, 0.29) is 24.1 Å². The summed E-state index contributed by atoms with van der Waals surface area (Å²) in [5.74, 6) is 0.271. The minimum absolute atomic E-state index is 0.111. The van der Waals surface area contributed by atoms with Gasteiger partial charge in [0.05, 0.1) is 16.0 Å². The highest BCUT2D eigenvalue weighted by Crippen LogP contribution is 2.39. The van der Waals surface area contributed by atoms with Crippen LogP contribution in [0, 0.1) is 0 Å². The minimum Gasteiger partial charge on any atom is -0.447 e.